The number of aromatic hydroxyl groups is 1. The van der Waals surface area contributed by atoms with Crippen molar-refractivity contribution in [3.05, 3.63) is 58.9 Å². The number of carbonyl (C=O) groups is 1. The molecule has 0 spiro atoms. The Hall–Kier alpha value is -2.87. The predicted molar refractivity (Wildman–Crippen MR) is 73.0 cm³/mol. The van der Waals surface area contributed by atoms with Gasteiger partial charge in [-0.1, -0.05) is 6.07 Å². The first-order chi connectivity index (χ1) is 9.60. The first-order valence-corrected chi connectivity index (χ1v) is 6.02. The van der Waals surface area contributed by atoms with Crippen molar-refractivity contribution in [3.8, 4) is 11.8 Å². The highest BCUT2D eigenvalue weighted by Crippen LogP contribution is 2.18. The molecule has 2 rings (SSSR count). The molecule has 1 aromatic heterocycles. The van der Waals surface area contributed by atoms with E-state index in [-0.39, 0.29) is 18.2 Å². The SMILES string of the molecule is Cc1cncc(C(=O)NCc2ccc(C#N)cc2O)c1. The Morgan fingerprint density at radius 3 is 2.85 bits per heavy atom. The molecule has 0 unspecified atom stereocenters. The van der Waals surface area contributed by atoms with E-state index in [1.165, 1.54) is 12.3 Å². The van der Waals surface area contributed by atoms with Gasteiger partial charge in [0.15, 0.2) is 0 Å². The van der Waals surface area contributed by atoms with Crippen molar-refractivity contribution >= 4 is 5.91 Å². The van der Waals surface area contributed by atoms with Gasteiger partial charge in [-0.05, 0) is 30.7 Å². The molecule has 0 aliphatic rings. The molecule has 0 atom stereocenters. The number of amides is 1. The third-order valence-electron chi connectivity index (χ3n) is 2.79. The van der Waals surface area contributed by atoms with Gasteiger partial charge in [-0.15, -0.1) is 0 Å². The zero-order valence-corrected chi connectivity index (χ0v) is 10.9. The summed E-state index contributed by atoms with van der Waals surface area (Å²) in [4.78, 5) is 15.9. The van der Waals surface area contributed by atoms with Crippen molar-refractivity contribution < 1.29 is 9.90 Å². The molecule has 20 heavy (non-hydrogen) atoms. The van der Waals surface area contributed by atoms with Crippen molar-refractivity contribution in [2.75, 3.05) is 0 Å². The Morgan fingerprint density at radius 1 is 1.40 bits per heavy atom. The minimum Gasteiger partial charge on any atom is -0.508 e. The Bertz CT molecular complexity index is 690. The minimum atomic E-state index is -0.259. The summed E-state index contributed by atoms with van der Waals surface area (Å²) in [5.74, 6) is -0.267. The highest BCUT2D eigenvalue weighted by molar-refractivity contribution is 5.93. The fourth-order valence-corrected chi connectivity index (χ4v) is 1.74. The molecule has 0 fully saturated rings. The van der Waals surface area contributed by atoms with Gasteiger partial charge in [0.2, 0.25) is 0 Å². The van der Waals surface area contributed by atoms with Gasteiger partial charge in [-0.3, -0.25) is 9.78 Å². The number of carbonyl (C=O) groups excluding carboxylic acids is 1. The van der Waals surface area contributed by atoms with E-state index in [4.69, 9.17) is 5.26 Å². The van der Waals surface area contributed by atoms with Gasteiger partial charge in [-0.25, -0.2) is 0 Å². The number of nitriles is 1. The van der Waals surface area contributed by atoms with Gasteiger partial charge in [-0.2, -0.15) is 5.26 Å². The number of pyridine rings is 1. The third kappa shape index (κ3) is 3.12. The number of nitrogens with one attached hydrogen (secondary N) is 1. The summed E-state index contributed by atoms with van der Waals surface area (Å²) in [6.07, 6.45) is 3.16. The van der Waals surface area contributed by atoms with Crippen molar-refractivity contribution in [1.82, 2.24) is 10.3 Å². The van der Waals surface area contributed by atoms with Crippen LogP contribution in [0.3, 0.4) is 0 Å². The Kier molecular flexibility index (Phi) is 3.96. The number of nitrogens with zero attached hydrogens (tertiary/aromatic N) is 2. The molecule has 2 N–H and O–H groups in total. The second-order valence-corrected chi connectivity index (χ2v) is 4.39. The Balaban J connectivity index is 2.06. The molecular formula is C15H13N3O2. The maximum absolute atomic E-state index is 11.9. The van der Waals surface area contributed by atoms with Crippen molar-refractivity contribution in [2.24, 2.45) is 0 Å². The van der Waals surface area contributed by atoms with Crippen LogP contribution in [-0.2, 0) is 6.54 Å². The number of benzene rings is 1. The van der Waals surface area contributed by atoms with Crippen LogP contribution in [0.2, 0.25) is 0 Å². The zero-order chi connectivity index (χ0) is 14.5. The Labute approximate surface area is 116 Å². The summed E-state index contributed by atoms with van der Waals surface area (Å²) in [7, 11) is 0. The third-order valence-corrected chi connectivity index (χ3v) is 2.79. The number of phenols is 1. The molecule has 0 aliphatic heterocycles. The highest BCUT2D eigenvalue weighted by atomic mass is 16.3. The lowest BCUT2D eigenvalue weighted by atomic mass is 10.1. The minimum absolute atomic E-state index is 0.00767. The van der Waals surface area contributed by atoms with Crippen LogP contribution in [0, 0.1) is 18.3 Å². The highest BCUT2D eigenvalue weighted by Gasteiger charge is 2.08. The summed E-state index contributed by atoms with van der Waals surface area (Å²) >= 11 is 0. The van der Waals surface area contributed by atoms with Gasteiger partial charge in [0.1, 0.15) is 5.75 Å². The number of hydrogen-bond acceptors (Lipinski definition) is 4. The van der Waals surface area contributed by atoms with Gasteiger partial charge >= 0.3 is 0 Å². The van der Waals surface area contributed by atoms with Crippen LogP contribution >= 0.6 is 0 Å². The zero-order valence-electron chi connectivity index (χ0n) is 10.9. The van der Waals surface area contributed by atoms with Gasteiger partial charge in [0.05, 0.1) is 17.2 Å². The number of aromatic nitrogens is 1. The van der Waals surface area contributed by atoms with Crippen LogP contribution in [0.25, 0.3) is 0 Å². The monoisotopic (exact) mass is 267 g/mol. The fourth-order valence-electron chi connectivity index (χ4n) is 1.74. The largest absolute Gasteiger partial charge is 0.508 e. The standard InChI is InChI=1S/C15H13N3O2/c1-10-4-13(8-17-7-10)15(20)18-9-12-3-2-11(6-16)5-14(12)19/h2-5,7-8,19H,9H2,1H3,(H,18,20). The van der Waals surface area contributed by atoms with E-state index < -0.39 is 0 Å². The molecule has 1 amide bonds. The fraction of sp³-hybridized carbons (Fsp3) is 0.133. The first-order valence-electron chi connectivity index (χ1n) is 6.02. The normalized spacial score (nSPS) is 9.80. The van der Waals surface area contributed by atoms with Crippen LogP contribution in [0.1, 0.15) is 27.0 Å². The first kappa shape index (κ1) is 13.6. The second kappa shape index (κ2) is 5.85. The Morgan fingerprint density at radius 2 is 2.20 bits per heavy atom. The van der Waals surface area contributed by atoms with Gasteiger partial charge in [0.25, 0.3) is 5.91 Å². The van der Waals surface area contributed by atoms with E-state index in [0.29, 0.717) is 16.7 Å². The topological polar surface area (TPSA) is 86.0 Å². The molecule has 2 aromatic rings. The van der Waals surface area contributed by atoms with E-state index in [0.717, 1.165) is 5.56 Å². The van der Waals surface area contributed by atoms with Crippen LogP contribution in [-0.4, -0.2) is 16.0 Å². The molecule has 0 aliphatic carbocycles. The van der Waals surface area contributed by atoms with Crippen LogP contribution < -0.4 is 5.32 Å². The van der Waals surface area contributed by atoms with E-state index in [2.05, 4.69) is 10.3 Å². The lowest BCUT2D eigenvalue weighted by Gasteiger charge is -2.07. The number of hydrogen-bond donors (Lipinski definition) is 2. The molecule has 0 saturated carbocycles. The van der Waals surface area contributed by atoms with Crippen molar-refractivity contribution in [1.29, 1.82) is 5.26 Å². The molecule has 1 aromatic carbocycles. The average molecular weight is 267 g/mol. The molecule has 1 heterocycles. The molecular weight excluding hydrogens is 254 g/mol. The molecule has 0 saturated heterocycles. The quantitative estimate of drug-likeness (QED) is 0.889. The van der Waals surface area contributed by atoms with Gasteiger partial charge in [0, 0.05) is 24.5 Å². The molecule has 100 valence electrons. The molecule has 5 nitrogen and oxygen atoms in total. The number of rotatable bonds is 3. The summed E-state index contributed by atoms with van der Waals surface area (Å²) < 4.78 is 0. The van der Waals surface area contributed by atoms with Crippen LogP contribution in [0.15, 0.2) is 36.7 Å². The smallest absolute Gasteiger partial charge is 0.253 e. The molecule has 5 heteroatoms. The second-order valence-electron chi connectivity index (χ2n) is 4.39. The summed E-state index contributed by atoms with van der Waals surface area (Å²) in [6, 6.07) is 8.25. The van der Waals surface area contributed by atoms with E-state index in [9.17, 15) is 9.90 Å². The van der Waals surface area contributed by atoms with E-state index in [1.54, 1.807) is 24.4 Å². The van der Waals surface area contributed by atoms with Crippen molar-refractivity contribution in [2.45, 2.75) is 13.5 Å². The summed E-state index contributed by atoms with van der Waals surface area (Å²) in [5.41, 5.74) is 2.30. The van der Waals surface area contributed by atoms with Gasteiger partial charge < -0.3 is 10.4 Å². The van der Waals surface area contributed by atoms with E-state index >= 15 is 0 Å². The molecule has 0 radical (unpaired) electrons. The lowest BCUT2D eigenvalue weighted by Crippen LogP contribution is -2.23. The van der Waals surface area contributed by atoms with Crippen LogP contribution in [0.4, 0.5) is 0 Å². The summed E-state index contributed by atoms with van der Waals surface area (Å²) in [5, 5.41) is 21.1. The molecule has 0 bridgehead atoms. The van der Waals surface area contributed by atoms with Crippen LogP contribution in [0.5, 0.6) is 5.75 Å². The number of aryl methyl sites for hydroxylation is 1. The predicted octanol–water partition coefficient (Wildman–Crippen LogP) is 1.90. The van der Waals surface area contributed by atoms with E-state index in [1.807, 2.05) is 13.0 Å². The average Bonchev–Trinajstić information content (AvgIpc) is 2.45. The number of phenolic OH excluding ortho intramolecular Hbond substituents is 1. The van der Waals surface area contributed by atoms with Crippen molar-refractivity contribution in [3.63, 3.8) is 0 Å². The maximum atomic E-state index is 11.9. The summed E-state index contributed by atoms with van der Waals surface area (Å²) in [6.45, 7) is 2.04. The maximum Gasteiger partial charge on any atom is 0.253 e. The lowest BCUT2D eigenvalue weighted by molar-refractivity contribution is 0.0950.